The standard InChI is InChI=1S/C16H25N3O2/c1-12(2)18-16(20)19(14-8-10-17-11-9-14)13-4-6-15(21-3)7-5-13/h4-7,12,14,17H,8-11H2,1-3H3,(H,18,20). The first-order valence-corrected chi connectivity index (χ1v) is 7.56. The Hall–Kier alpha value is -1.75. The Bertz CT molecular complexity index is 453. The molecule has 0 aliphatic carbocycles. The van der Waals surface area contributed by atoms with Gasteiger partial charge in [0.15, 0.2) is 0 Å². The van der Waals surface area contributed by atoms with Crippen LogP contribution in [0, 0.1) is 0 Å². The lowest BCUT2D eigenvalue weighted by atomic mass is 10.0. The van der Waals surface area contributed by atoms with Crippen molar-refractivity contribution in [1.82, 2.24) is 10.6 Å². The van der Waals surface area contributed by atoms with Gasteiger partial charge in [-0.15, -0.1) is 0 Å². The van der Waals surface area contributed by atoms with Crippen LogP contribution in [0.4, 0.5) is 10.5 Å². The van der Waals surface area contributed by atoms with E-state index in [1.54, 1.807) is 7.11 Å². The lowest BCUT2D eigenvalue weighted by Gasteiger charge is -2.35. The van der Waals surface area contributed by atoms with Crippen LogP contribution in [0.5, 0.6) is 5.75 Å². The van der Waals surface area contributed by atoms with Crippen LogP contribution in [0.3, 0.4) is 0 Å². The van der Waals surface area contributed by atoms with Gasteiger partial charge in [0.1, 0.15) is 5.75 Å². The normalized spacial score (nSPS) is 15.8. The summed E-state index contributed by atoms with van der Waals surface area (Å²) < 4.78 is 5.19. The Kier molecular flexibility index (Phi) is 5.44. The number of hydrogen-bond acceptors (Lipinski definition) is 3. The van der Waals surface area contributed by atoms with Crippen LogP contribution in [0.2, 0.25) is 0 Å². The van der Waals surface area contributed by atoms with Gasteiger partial charge in [-0.25, -0.2) is 4.79 Å². The van der Waals surface area contributed by atoms with Crippen LogP contribution in [-0.2, 0) is 0 Å². The predicted molar refractivity (Wildman–Crippen MR) is 85.0 cm³/mol. The summed E-state index contributed by atoms with van der Waals surface area (Å²) in [6.07, 6.45) is 1.94. The SMILES string of the molecule is COc1ccc(N(C(=O)NC(C)C)C2CCNCC2)cc1. The smallest absolute Gasteiger partial charge is 0.322 e. The van der Waals surface area contributed by atoms with Gasteiger partial charge in [0.25, 0.3) is 0 Å². The highest BCUT2D eigenvalue weighted by atomic mass is 16.5. The highest BCUT2D eigenvalue weighted by molar-refractivity contribution is 5.92. The molecule has 0 atom stereocenters. The monoisotopic (exact) mass is 291 g/mol. The molecule has 1 aliphatic rings. The van der Waals surface area contributed by atoms with Crippen molar-refractivity contribution in [3.63, 3.8) is 0 Å². The molecule has 0 unspecified atom stereocenters. The second-order valence-corrected chi connectivity index (χ2v) is 5.65. The molecule has 1 heterocycles. The minimum atomic E-state index is -0.0259. The van der Waals surface area contributed by atoms with Gasteiger partial charge < -0.3 is 15.4 Å². The van der Waals surface area contributed by atoms with E-state index in [-0.39, 0.29) is 18.1 Å². The Balaban J connectivity index is 2.22. The molecule has 2 rings (SSSR count). The summed E-state index contributed by atoms with van der Waals surface area (Å²) in [4.78, 5) is 14.5. The maximum absolute atomic E-state index is 12.6. The quantitative estimate of drug-likeness (QED) is 0.895. The van der Waals surface area contributed by atoms with E-state index in [1.807, 2.05) is 43.0 Å². The van der Waals surface area contributed by atoms with Crippen molar-refractivity contribution < 1.29 is 9.53 Å². The number of amides is 2. The third-order valence-corrected chi connectivity index (χ3v) is 3.66. The molecule has 5 heteroatoms. The zero-order chi connectivity index (χ0) is 15.2. The number of hydrogen-bond donors (Lipinski definition) is 2. The summed E-state index contributed by atoms with van der Waals surface area (Å²) in [6.45, 7) is 5.86. The van der Waals surface area contributed by atoms with E-state index in [0.29, 0.717) is 0 Å². The van der Waals surface area contributed by atoms with E-state index in [0.717, 1.165) is 37.4 Å². The van der Waals surface area contributed by atoms with Crippen LogP contribution in [-0.4, -0.2) is 38.3 Å². The highest BCUT2D eigenvalue weighted by Gasteiger charge is 2.27. The van der Waals surface area contributed by atoms with Gasteiger partial charge in [0, 0.05) is 17.8 Å². The number of piperidine rings is 1. The number of urea groups is 1. The first-order valence-electron chi connectivity index (χ1n) is 7.56. The fourth-order valence-corrected chi connectivity index (χ4v) is 2.62. The van der Waals surface area contributed by atoms with Gasteiger partial charge in [0.2, 0.25) is 0 Å². The van der Waals surface area contributed by atoms with Crippen molar-refractivity contribution in [2.45, 2.75) is 38.8 Å². The second-order valence-electron chi connectivity index (χ2n) is 5.65. The number of carbonyl (C=O) groups is 1. The highest BCUT2D eigenvalue weighted by Crippen LogP contribution is 2.24. The molecule has 5 nitrogen and oxygen atoms in total. The van der Waals surface area contributed by atoms with E-state index in [4.69, 9.17) is 4.74 Å². The average Bonchev–Trinajstić information content (AvgIpc) is 2.48. The number of nitrogens with one attached hydrogen (secondary N) is 2. The topological polar surface area (TPSA) is 53.6 Å². The zero-order valence-corrected chi connectivity index (χ0v) is 13.1. The molecule has 0 bridgehead atoms. The molecule has 1 aromatic rings. The van der Waals surface area contributed by atoms with Crippen LogP contribution in [0.25, 0.3) is 0 Å². The predicted octanol–water partition coefficient (Wildman–Crippen LogP) is 2.37. The molecule has 1 fully saturated rings. The maximum Gasteiger partial charge on any atom is 0.322 e. The van der Waals surface area contributed by atoms with Gasteiger partial charge in [-0.2, -0.15) is 0 Å². The summed E-state index contributed by atoms with van der Waals surface area (Å²) >= 11 is 0. The Labute approximate surface area is 126 Å². The third kappa shape index (κ3) is 4.11. The Morgan fingerprint density at radius 1 is 1.29 bits per heavy atom. The number of rotatable bonds is 4. The summed E-state index contributed by atoms with van der Waals surface area (Å²) in [5, 5.41) is 6.34. The lowest BCUT2D eigenvalue weighted by molar-refractivity contribution is 0.239. The summed E-state index contributed by atoms with van der Waals surface area (Å²) in [5.74, 6) is 0.799. The summed E-state index contributed by atoms with van der Waals surface area (Å²) in [7, 11) is 1.64. The van der Waals surface area contributed by atoms with Gasteiger partial charge in [-0.3, -0.25) is 4.90 Å². The number of anilines is 1. The number of methoxy groups -OCH3 is 1. The van der Waals surface area contributed by atoms with Crippen LogP contribution < -0.4 is 20.3 Å². The third-order valence-electron chi connectivity index (χ3n) is 3.66. The molecule has 2 amide bonds. The molecule has 21 heavy (non-hydrogen) atoms. The molecule has 1 aliphatic heterocycles. The van der Waals surface area contributed by atoms with Crippen LogP contribution in [0.15, 0.2) is 24.3 Å². The van der Waals surface area contributed by atoms with Gasteiger partial charge in [-0.1, -0.05) is 0 Å². The number of nitrogens with zero attached hydrogens (tertiary/aromatic N) is 1. The molecule has 1 saturated heterocycles. The molecule has 0 saturated carbocycles. The van der Waals surface area contributed by atoms with Gasteiger partial charge in [-0.05, 0) is 64.0 Å². The zero-order valence-electron chi connectivity index (χ0n) is 13.1. The van der Waals surface area contributed by atoms with Gasteiger partial charge >= 0.3 is 6.03 Å². The fraction of sp³-hybridized carbons (Fsp3) is 0.562. The minimum absolute atomic E-state index is 0.0259. The van der Waals surface area contributed by atoms with E-state index in [2.05, 4.69) is 10.6 Å². The van der Waals surface area contributed by atoms with Crippen molar-refractivity contribution in [3.8, 4) is 5.75 Å². The van der Waals surface area contributed by atoms with Crippen molar-refractivity contribution in [1.29, 1.82) is 0 Å². The minimum Gasteiger partial charge on any atom is -0.497 e. The number of carbonyl (C=O) groups excluding carboxylic acids is 1. The summed E-state index contributed by atoms with van der Waals surface area (Å²) in [5.41, 5.74) is 0.917. The molecule has 0 radical (unpaired) electrons. The fourth-order valence-electron chi connectivity index (χ4n) is 2.62. The molecular formula is C16H25N3O2. The largest absolute Gasteiger partial charge is 0.497 e. The molecule has 0 spiro atoms. The molecule has 2 N–H and O–H groups in total. The Morgan fingerprint density at radius 2 is 1.90 bits per heavy atom. The number of ether oxygens (including phenoxy) is 1. The lowest BCUT2D eigenvalue weighted by Crippen LogP contribution is -2.51. The van der Waals surface area contributed by atoms with E-state index in [1.165, 1.54) is 0 Å². The van der Waals surface area contributed by atoms with Crippen molar-refractivity contribution in [2.24, 2.45) is 0 Å². The van der Waals surface area contributed by atoms with Crippen LogP contribution >= 0.6 is 0 Å². The second kappa shape index (κ2) is 7.31. The maximum atomic E-state index is 12.6. The van der Waals surface area contributed by atoms with Crippen molar-refractivity contribution >= 4 is 11.7 Å². The van der Waals surface area contributed by atoms with E-state index in [9.17, 15) is 4.79 Å². The van der Waals surface area contributed by atoms with Crippen molar-refractivity contribution in [3.05, 3.63) is 24.3 Å². The van der Waals surface area contributed by atoms with E-state index < -0.39 is 0 Å². The average molecular weight is 291 g/mol. The molecular weight excluding hydrogens is 266 g/mol. The van der Waals surface area contributed by atoms with E-state index >= 15 is 0 Å². The molecule has 1 aromatic carbocycles. The van der Waals surface area contributed by atoms with Gasteiger partial charge in [0.05, 0.1) is 7.11 Å². The summed E-state index contributed by atoms with van der Waals surface area (Å²) in [6, 6.07) is 8.01. The first-order chi connectivity index (χ1) is 10.1. The Morgan fingerprint density at radius 3 is 2.43 bits per heavy atom. The van der Waals surface area contributed by atoms with Crippen LogP contribution in [0.1, 0.15) is 26.7 Å². The van der Waals surface area contributed by atoms with Crippen molar-refractivity contribution in [2.75, 3.05) is 25.1 Å². The molecule has 116 valence electrons. The molecule has 0 aromatic heterocycles. The number of benzene rings is 1. The first kappa shape index (κ1) is 15.6.